The van der Waals surface area contributed by atoms with Gasteiger partial charge in [0.25, 0.3) is 11.8 Å². The molecule has 0 spiro atoms. The van der Waals surface area contributed by atoms with Crippen molar-refractivity contribution >= 4 is 22.6 Å². The number of methoxy groups -OCH3 is 1. The highest BCUT2D eigenvalue weighted by molar-refractivity contribution is 6.01. The minimum Gasteiger partial charge on any atom is -0.493 e. The number of fused-ring (bicyclic) bond motifs is 2. The van der Waals surface area contributed by atoms with E-state index in [1.165, 1.54) is 24.7 Å². The van der Waals surface area contributed by atoms with Crippen LogP contribution in [0.15, 0.2) is 43.0 Å². The lowest BCUT2D eigenvalue weighted by molar-refractivity contribution is 0.0300. The molecular weight excluding hydrogens is 442 g/mol. The van der Waals surface area contributed by atoms with Crippen LogP contribution >= 0.6 is 0 Å². The van der Waals surface area contributed by atoms with Crippen molar-refractivity contribution in [1.82, 2.24) is 29.5 Å². The maximum atomic E-state index is 14.0. The summed E-state index contributed by atoms with van der Waals surface area (Å²) in [5.41, 5.74) is 2.26. The maximum Gasteiger partial charge on any atom is 0.286 e. The van der Waals surface area contributed by atoms with Gasteiger partial charge in [-0.3, -0.25) is 4.79 Å². The zero-order valence-corrected chi connectivity index (χ0v) is 19.7. The second-order valence-electron chi connectivity index (χ2n) is 8.28. The molecule has 4 aromatic rings. The summed E-state index contributed by atoms with van der Waals surface area (Å²) in [5, 5.41) is 7.31. The summed E-state index contributed by atoms with van der Waals surface area (Å²) < 4.78 is 37.1. The summed E-state index contributed by atoms with van der Waals surface area (Å²) in [6, 6.07) is 3.92. The van der Waals surface area contributed by atoms with Crippen LogP contribution in [0.2, 0.25) is 0 Å². The number of amides is 1. The molecule has 0 aliphatic rings. The molecule has 0 aliphatic carbocycles. The summed E-state index contributed by atoms with van der Waals surface area (Å²) >= 11 is 0. The van der Waals surface area contributed by atoms with Gasteiger partial charge in [0.1, 0.15) is 16.9 Å². The van der Waals surface area contributed by atoms with Crippen LogP contribution in [0.5, 0.6) is 5.75 Å². The standard InChI is InChI=1S/C24H26F2N6O2/c1-7-24(25,26)15(5)29-23(33)17-11-28-32-14(4)20(34-6)19(30-22(17)32)18-12-31(13(2)3)21-16(18)9-8-10-27-21/h8-13H,5,7H2,1-4,6H3,(H,29,33). The topological polar surface area (TPSA) is 86.3 Å². The number of aromatic nitrogens is 5. The molecule has 10 heteroatoms. The minimum absolute atomic E-state index is 0.0470. The number of halogens is 2. The molecule has 1 amide bonds. The van der Waals surface area contributed by atoms with Crippen LogP contribution in [0, 0.1) is 6.92 Å². The van der Waals surface area contributed by atoms with Crippen LogP contribution in [0.25, 0.3) is 27.9 Å². The fourth-order valence-electron chi connectivity index (χ4n) is 3.88. The first kappa shape index (κ1) is 23.3. The molecule has 178 valence electrons. The smallest absolute Gasteiger partial charge is 0.286 e. The van der Waals surface area contributed by atoms with Crippen molar-refractivity contribution in [3.8, 4) is 17.0 Å². The molecule has 1 N–H and O–H groups in total. The van der Waals surface area contributed by atoms with Crippen molar-refractivity contribution in [2.45, 2.75) is 46.1 Å². The third kappa shape index (κ3) is 3.68. The van der Waals surface area contributed by atoms with E-state index in [0.717, 1.165) is 16.6 Å². The molecule has 0 radical (unpaired) electrons. The number of rotatable bonds is 7. The van der Waals surface area contributed by atoms with Crippen molar-refractivity contribution in [3.63, 3.8) is 0 Å². The molecule has 0 unspecified atom stereocenters. The average molecular weight is 469 g/mol. The fourth-order valence-corrected chi connectivity index (χ4v) is 3.88. The van der Waals surface area contributed by atoms with Crippen LogP contribution in [0.3, 0.4) is 0 Å². The summed E-state index contributed by atoms with van der Waals surface area (Å²) in [6.45, 7) is 10.5. The van der Waals surface area contributed by atoms with Gasteiger partial charge in [-0.25, -0.2) is 14.5 Å². The molecule has 34 heavy (non-hydrogen) atoms. The molecule has 4 rings (SSSR count). The second kappa shape index (κ2) is 8.51. The van der Waals surface area contributed by atoms with E-state index in [9.17, 15) is 13.6 Å². The first-order chi connectivity index (χ1) is 16.1. The van der Waals surface area contributed by atoms with E-state index in [4.69, 9.17) is 9.72 Å². The van der Waals surface area contributed by atoms with Crippen LogP contribution in [0.4, 0.5) is 8.78 Å². The molecular formula is C24H26F2N6O2. The van der Waals surface area contributed by atoms with Crippen molar-refractivity contribution in [3.05, 3.63) is 54.3 Å². The maximum absolute atomic E-state index is 14.0. The third-order valence-electron chi connectivity index (χ3n) is 5.82. The van der Waals surface area contributed by atoms with Crippen LogP contribution in [-0.4, -0.2) is 43.1 Å². The summed E-state index contributed by atoms with van der Waals surface area (Å²) in [7, 11) is 1.53. The molecule has 0 atom stereocenters. The number of hydrogen-bond acceptors (Lipinski definition) is 5. The molecule has 0 bridgehead atoms. The lowest BCUT2D eigenvalue weighted by Crippen LogP contribution is -2.33. The van der Waals surface area contributed by atoms with Gasteiger partial charge in [0, 0.05) is 35.8 Å². The Hall–Kier alpha value is -3.82. The Balaban J connectivity index is 1.91. The van der Waals surface area contributed by atoms with Crippen molar-refractivity contribution in [1.29, 1.82) is 0 Å². The Bertz CT molecular complexity index is 1420. The Labute approximate surface area is 195 Å². The third-order valence-corrected chi connectivity index (χ3v) is 5.82. The van der Waals surface area contributed by atoms with E-state index in [2.05, 4.69) is 35.8 Å². The predicted molar refractivity (Wildman–Crippen MR) is 125 cm³/mol. The lowest BCUT2D eigenvalue weighted by Gasteiger charge is -2.17. The Morgan fingerprint density at radius 1 is 1.32 bits per heavy atom. The molecule has 0 aromatic carbocycles. The van der Waals surface area contributed by atoms with Gasteiger partial charge < -0.3 is 14.6 Å². The number of hydrogen-bond donors (Lipinski definition) is 1. The lowest BCUT2D eigenvalue weighted by atomic mass is 10.1. The van der Waals surface area contributed by atoms with Crippen molar-refractivity contribution < 1.29 is 18.3 Å². The molecule has 4 heterocycles. The summed E-state index contributed by atoms with van der Waals surface area (Å²) in [5.74, 6) is -3.50. The quantitative estimate of drug-likeness (QED) is 0.416. The molecule has 0 aliphatic heterocycles. The van der Waals surface area contributed by atoms with Gasteiger partial charge in [-0.1, -0.05) is 13.5 Å². The van der Waals surface area contributed by atoms with E-state index in [1.54, 1.807) is 13.1 Å². The molecule has 4 aromatic heterocycles. The largest absolute Gasteiger partial charge is 0.493 e. The minimum atomic E-state index is -3.22. The van der Waals surface area contributed by atoms with E-state index >= 15 is 0 Å². The highest BCUT2D eigenvalue weighted by Gasteiger charge is 2.32. The number of nitrogens with zero attached hydrogens (tertiary/aromatic N) is 5. The second-order valence-corrected chi connectivity index (χ2v) is 8.28. The number of allylic oxidation sites excluding steroid dienone is 1. The average Bonchev–Trinajstić information content (AvgIpc) is 3.41. The molecule has 8 nitrogen and oxygen atoms in total. The number of alkyl halides is 2. The zero-order valence-electron chi connectivity index (χ0n) is 19.7. The highest BCUT2D eigenvalue weighted by atomic mass is 19.3. The van der Waals surface area contributed by atoms with Gasteiger partial charge in [-0.2, -0.15) is 13.9 Å². The van der Waals surface area contributed by atoms with Gasteiger partial charge in [0.15, 0.2) is 11.4 Å². The van der Waals surface area contributed by atoms with E-state index in [-0.39, 0.29) is 17.3 Å². The van der Waals surface area contributed by atoms with E-state index in [0.29, 0.717) is 17.1 Å². The summed E-state index contributed by atoms with van der Waals surface area (Å²) in [4.78, 5) is 22.1. The van der Waals surface area contributed by atoms with Crippen LogP contribution in [-0.2, 0) is 0 Å². The summed E-state index contributed by atoms with van der Waals surface area (Å²) in [6.07, 6.45) is 4.49. The van der Waals surface area contributed by atoms with Crippen LogP contribution in [0.1, 0.15) is 49.3 Å². The van der Waals surface area contributed by atoms with Crippen molar-refractivity contribution in [2.75, 3.05) is 7.11 Å². The van der Waals surface area contributed by atoms with Gasteiger partial charge >= 0.3 is 0 Å². The fraction of sp³-hybridized carbons (Fsp3) is 0.333. The number of nitrogens with one attached hydrogen (secondary N) is 1. The Kier molecular flexibility index (Phi) is 5.84. The van der Waals surface area contributed by atoms with Crippen LogP contribution < -0.4 is 10.1 Å². The van der Waals surface area contributed by atoms with E-state index < -0.39 is 23.9 Å². The molecule has 0 saturated carbocycles. The first-order valence-corrected chi connectivity index (χ1v) is 10.9. The Morgan fingerprint density at radius 2 is 2.06 bits per heavy atom. The van der Waals surface area contributed by atoms with Gasteiger partial charge in [0.05, 0.1) is 24.7 Å². The molecule has 0 fully saturated rings. The Morgan fingerprint density at radius 3 is 2.71 bits per heavy atom. The van der Waals surface area contributed by atoms with E-state index in [1.807, 2.05) is 22.9 Å². The first-order valence-electron chi connectivity index (χ1n) is 10.9. The SMILES string of the molecule is C=C(NC(=O)c1cnn2c(C)c(OC)c(-c3cn(C(C)C)c4ncccc34)nc12)C(F)(F)CC. The number of ether oxygens (including phenoxy) is 1. The monoisotopic (exact) mass is 468 g/mol. The van der Waals surface area contributed by atoms with Gasteiger partial charge in [-0.15, -0.1) is 0 Å². The van der Waals surface area contributed by atoms with Crippen molar-refractivity contribution in [2.24, 2.45) is 0 Å². The number of carbonyl (C=O) groups is 1. The number of pyridine rings is 1. The van der Waals surface area contributed by atoms with Gasteiger partial charge in [-0.05, 0) is 32.9 Å². The normalized spacial score (nSPS) is 12.0. The highest BCUT2D eigenvalue weighted by Crippen LogP contribution is 2.38. The molecule has 0 saturated heterocycles. The van der Waals surface area contributed by atoms with Gasteiger partial charge in [0.2, 0.25) is 0 Å². The number of carbonyl (C=O) groups excluding carboxylic acids is 1. The predicted octanol–water partition coefficient (Wildman–Crippen LogP) is 4.93. The zero-order chi connectivity index (χ0) is 24.8. The number of aryl methyl sites for hydroxylation is 1.